The molecule has 3 rings (SSSR count). The lowest BCUT2D eigenvalue weighted by Gasteiger charge is -2.12. The molecule has 0 atom stereocenters. The first-order valence-electron chi connectivity index (χ1n) is 8.81. The Morgan fingerprint density at radius 1 is 0.933 bits per heavy atom. The standard InChI is InChI=1S/C21H19BrN2O5S/c1-28-19-7-2-3-8-20(19)29-14-21(25)23-17-5-4-6-18(13-17)30(26,27)24-16-11-9-15(22)10-12-16/h2-13,24H,14H2,1H3,(H,23,25). The molecule has 0 aliphatic heterocycles. The van der Waals surface area contributed by atoms with Crippen LogP contribution >= 0.6 is 15.9 Å². The van der Waals surface area contributed by atoms with Crippen LogP contribution in [0.4, 0.5) is 11.4 Å². The number of hydrogen-bond donors (Lipinski definition) is 2. The topological polar surface area (TPSA) is 93.7 Å². The molecule has 0 heterocycles. The van der Waals surface area contributed by atoms with Crippen LogP contribution in [0.3, 0.4) is 0 Å². The SMILES string of the molecule is COc1ccccc1OCC(=O)Nc1cccc(S(=O)(=O)Nc2ccc(Br)cc2)c1. The van der Waals surface area contributed by atoms with Gasteiger partial charge in [0, 0.05) is 15.8 Å². The van der Waals surface area contributed by atoms with E-state index in [-0.39, 0.29) is 11.5 Å². The van der Waals surface area contributed by atoms with Gasteiger partial charge in [0.15, 0.2) is 18.1 Å². The van der Waals surface area contributed by atoms with Crippen LogP contribution in [0.2, 0.25) is 0 Å². The number of para-hydroxylation sites is 2. The highest BCUT2D eigenvalue weighted by Crippen LogP contribution is 2.26. The molecule has 2 N–H and O–H groups in total. The molecule has 0 saturated carbocycles. The normalized spacial score (nSPS) is 10.9. The molecule has 0 aliphatic rings. The summed E-state index contributed by atoms with van der Waals surface area (Å²) in [5.41, 5.74) is 0.764. The van der Waals surface area contributed by atoms with Crippen molar-refractivity contribution in [2.45, 2.75) is 4.90 Å². The first-order valence-corrected chi connectivity index (χ1v) is 11.1. The van der Waals surface area contributed by atoms with Gasteiger partial charge in [-0.2, -0.15) is 0 Å². The third-order valence-electron chi connectivity index (χ3n) is 3.95. The molecule has 0 spiro atoms. The van der Waals surface area contributed by atoms with Crippen molar-refractivity contribution in [3.63, 3.8) is 0 Å². The molecule has 3 aromatic carbocycles. The number of methoxy groups -OCH3 is 1. The average molecular weight is 491 g/mol. The summed E-state index contributed by atoms with van der Waals surface area (Å²) < 4.78 is 39.3. The Morgan fingerprint density at radius 2 is 1.63 bits per heavy atom. The zero-order valence-corrected chi connectivity index (χ0v) is 18.4. The van der Waals surface area contributed by atoms with Crippen molar-refractivity contribution < 1.29 is 22.7 Å². The molecule has 1 amide bonds. The monoisotopic (exact) mass is 490 g/mol. The van der Waals surface area contributed by atoms with E-state index in [1.54, 1.807) is 60.7 Å². The number of benzene rings is 3. The van der Waals surface area contributed by atoms with Gasteiger partial charge in [-0.3, -0.25) is 9.52 Å². The molecule has 30 heavy (non-hydrogen) atoms. The second-order valence-corrected chi connectivity index (χ2v) is 8.73. The molecule has 0 bridgehead atoms. The summed E-state index contributed by atoms with van der Waals surface area (Å²) in [6.45, 7) is -0.255. The van der Waals surface area contributed by atoms with Gasteiger partial charge in [-0.15, -0.1) is 0 Å². The Hall–Kier alpha value is -3.04. The molecule has 0 radical (unpaired) electrons. The van der Waals surface area contributed by atoms with E-state index in [9.17, 15) is 13.2 Å². The molecule has 3 aromatic rings. The van der Waals surface area contributed by atoms with Crippen LogP contribution in [0.5, 0.6) is 11.5 Å². The minimum atomic E-state index is -3.81. The molecule has 7 nitrogen and oxygen atoms in total. The van der Waals surface area contributed by atoms with Gasteiger partial charge in [0.05, 0.1) is 12.0 Å². The largest absolute Gasteiger partial charge is 0.493 e. The molecule has 0 saturated heterocycles. The number of hydrogen-bond acceptors (Lipinski definition) is 5. The zero-order valence-electron chi connectivity index (χ0n) is 16.0. The van der Waals surface area contributed by atoms with Crippen LogP contribution in [0.1, 0.15) is 0 Å². The number of sulfonamides is 1. The smallest absolute Gasteiger partial charge is 0.262 e. The van der Waals surface area contributed by atoms with Crippen LogP contribution in [0.15, 0.2) is 82.2 Å². The van der Waals surface area contributed by atoms with Crippen LogP contribution in [0.25, 0.3) is 0 Å². The Morgan fingerprint density at radius 3 is 2.33 bits per heavy atom. The molecular weight excluding hydrogens is 472 g/mol. The fraction of sp³-hybridized carbons (Fsp3) is 0.0952. The Balaban J connectivity index is 1.65. The minimum absolute atomic E-state index is 0.0221. The predicted octanol–water partition coefficient (Wildman–Crippen LogP) is 4.28. The van der Waals surface area contributed by atoms with Crippen molar-refractivity contribution in [1.82, 2.24) is 0 Å². The highest BCUT2D eigenvalue weighted by atomic mass is 79.9. The molecule has 0 aromatic heterocycles. The summed E-state index contributed by atoms with van der Waals surface area (Å²) in [6.07, 6.45) is 0. The predicted molar refractivity (Wildman–Crippen MR) is 119 cm³/mol. The molecule has 0 fully saturated rings. The molecule has 0 unspecified atom stereocenters. The van der Waals surface area contributed by atoms with Crippen molar-refractivity contribution in [2.24, 2.45) is 0 Å². The van der Waals surface area contributed by atoms with E-state index < -0.39 is 15.9 Å². The van der Waals surface area contributed by atoms with Gasteiger partial charge < -0.3 is 14.8 Å². The summed E-state index contributed by atoms with van der Waals surface area (Å²) in [5.74, 6) is 0.513. The van der Waals surface area contributed by atoms with Gasteiger partial charge in [-0.1, -0.05) is 34.1 Å². The van der Waals surface area contributed by atoms with E-state index in [2.05, 4.69) is 26.0 Å². The van der Waals surface area contributed by atoms with Crippen molar-refractivity contribution >= 4 is 43.2 Å². The summed E-state index contributed by atoms with van der Waals surface area (Å²) in [5, 5.41) is 2.63. The summed E-state index contributed by atoms with van der Waals surface area (Å²) in [4.78, 5) is 12.2. The van der Waals surface area contributed by atoms with Gasteiger partial charge >= 0.3 is 0 Å². The summed E-state index contributed by atoms with van der Waals surface area (Å²) in [6, 6.07) is 19.7. The van der Waals surface area contributed by atoms with Gasteiger partial charge in [0.2, 0.25) is 0 Å². The van der Waals surface area contributed by atoms with Crippen molar-refractivity contribution in [3.05, 3.63) is 77.3 Å². The van der Waals surface area contributed by atoms with Gasteiger partial charge in [-0.05, 0) is 54.6 Å². The number of anilines is 2. The Kier molecular flexibility index (Phi) is 6.96. The summed E-state index contributed by atoms with van der Waals surface area (Å²) >= 11 is 3.30. The lowest BCUT2D eigenvalue weighted by Crippen LogP contribution is -2.20. The lowest BCUT2D eigenvalue weighted by atomic mass is 10.3. The maximum absolute atomic E-state index is 12.6. The number of halogens is 1. The number of carbonyl (C=O) groups is 1. The van der Waals surface area contributed by atoms with Crippen LogP contribution < -0.4 is 19.5 Å². The average Bonchev–Trinajstić information content (AvgIpc) is 2.74. The van der Waals surface area contributed by atoms with E-state index in [1.807, 2.05) is 0 Å². The molecule has 0 aliphatic carbocycles. The fourth-order valence-electron chi connectivity index (χ4n) is 2.55. The quantitative estimate of drug-likeness (QED) is 0.491. The van der Waals surface area contributed by atoms with Crippen molar-refractivity contribution in [2.75, 3.05) is 23.8 Å². The second-order valence-electron chi connectivity index (χ2n) is 6.13. The van der Waals surface area contributed by atoms with Gasteiger partial charge in [0.1, 0.15) is 0 Å². The minimum Gasteiger partial charge on any atom is -0.493 e. The number of carbonyl (C=O) groups excluding carboxylic acids is 1. The highest BCUT2D eigenvalue weighted by molar-refractivity contribution is 9.10. The zero-order chi connectivity index (χ0) is 21.6. The Bertz CT molecular complexity index is 1130. The number of ether oxygens (including phenoxy) is 2. The fourth-order valence-corrected chi connectivity index (χ4v) is 3.92. The molecular formula is C21H19BrN2O5S. The second kappa shape index (κ2) is 9.64. The maximum Gasteiger partial charge on any atom is 0.262 e. The van der Waals surface area contributed by atoms with E-state index >= 15 is 0 Å². The first kappa shape index (κ1) is 21.7. The molecule has 156 valence electrons. The van der Waals surface area contributed by atoms with Crippen LogP contribution in [-0.4, -0.2) is 28.0 Å². The maximum atomic E-state index is 12.6. The summed E-state index contributed by atoms with van der Waals surface area (Å²) in [7, 11) is -2.30. The van der Waals surface area contributed by atoms with Gasteiger partial charge in [-0.25, -0.2) is 8.42 Å². The number of rotatable bonds is 8. The van der Waals surface area contributed by atoms with E-state index in [0.29, 0.717) is 22.9 Å². The van der Waals surface area contributed by atoms with Crippen LogP contribution in [0, 0.1) is 0 Å². The van der Waals surface area contributed by atoms with E-state index in [4.69, 9.17) is 9.47 Å². The number of amides is 1. The highest BCUT2D eigenvalue weighted by Gasteiger charge is 2.15. The van der Waals surface area contributed by atoms with Crippen LogP contribution in [-0.2, 0) is 14.8 Å². The number of nitrogens with one attached hydrogen (secondary N) is 2. The first-order chi connectivity index (χ1) is 14.4. The third-order valence-corrected chi connectivity index (χ3v) is 5.86. The van der Waals surface area contributed by atoms with E-state index in [0.717, 1.165) is 4.47 Å². The third kappa shape index (κ3) is 5.74. The van der Waals surface area contributed by atoms with Crippen molar-refractivity contribution in [3.8, 4) is 11.5 Å². The Labute approximate surface area is 183 Å². The van der Waals surface area contributed by atoms with E-state index in [1.165, 1.54) is 19.2 Å². The molecule has 9 heteroatoms. The van der Waals surface area contributed by atoms with Gasteiger partial charge in [0.25, 0.3) is 15.9 Å². The van der Waals surface area contributed by atoms with Crippen molar-refractivity contribution in [1.29, 1.82) is 0 Å². The lowest BCUT2D eigenvalue weighted by molar-refractivity contribution is -0.118.